The summed E-state index contributed by atoms with van der Waals surface area (Å²) in [7, 11) is 0. The average Bonchev–Trinajstić information content (AvgIpc) is 2.11. The van der Waals surface area contributed by atoms with Crippen LogP contribution in [0.2, 0.25) is 0 Å². The van der Waals surface area contributed by atoms with Gasteiger partial charge in [-0.1, -0.05) is 34.6 Å². The SMILES string of the molecule is CC(C(=O)O)C(=O)NCC(C)(C)C(C)(C)C. The van der Waals surface area contributed by atoms with Gasteiger partial charge in [0.1, 0.15) is 5.92 Å². The third-order valence-electron chi connectivity index (χ3n) is 3.50. The van der Waals surface area contributed by atoms with E-state index in [4.69, 9.17) is 5.11 Å². The molecule has 2 N–H and O–H groups in total. The second-order valence-corrected chi connectivity index (χ2v) is 5.91. The first kappa shape index (κ1) is 14.9. The molecule has 4 heteroatoms. The number of hydrogen-bond donors (Lipinski definition) is 2. The van der Waals surface area contributed by atoms with Crippen molar-refractivity contribution in [1.29, 1.82) is 0 Å². The van der Waals surface area contributed by atoms with Gasteiger partial charge in [0.05, 0.1) is 0 Å². The molecular weight excluding hydrogens is 206 g/mol. The van der Waals surface area contributed by atoms with Gasteiger partial charge in [-0.25, -0.2) is 0 Å². The maximum absolute atomic E-state index is 11.5. The van der Waals surface area contributed by atoms with Crippen LogP contribution < -0.4 is 5.32 Å². The topological polar surface area (TPSA) is 66.4 Å². The van der Waals surface area contributed by atoms with E-state index in [-0.39, 0.29) is 10.8 Å². The summed E-state index contributed by atoms with van der Waals surface area (Å²) < 4.78 is 0. The number of aliphatic carboxylic acids is 1. The highest BCUT2D eigenvalue weighted by molar-refractivity contribution is 5.96. The Kier molecular flexibility index (Phi) is 4.53. The molecule has 0 aromatic carbocycles. The van der Waals surface area contributed by atoms with Gasteiger partial charge in [-0.3, -0.25) is 9.59 Å². The van der Waals surface area contributed by atoms with Gasteiger partial charge in [0.15, 0.2) is 0 Å². The van der Waals surface area contributed by atoms with E-state index < -0.39 is 17.8 Å². The number of nitrogens with one attached hydrogen (secondary N) is 1. The van der Waals surface area contributed by atoms with Crippen LogP contribution in [0.4, 0.5) is 0 Å². The predicted octanol–water partition coefficient (Wildman–Crippen LogP) is 1.90. The molecular formula is C12H23NO3. The largest absolute Gasteiger partial charge is 0.481 e. The van der Waals surface area contributed by atoms with Crippen LogP contribution in [0.1, 0.15) is 41.5 Å². The highest BCUT2D eigenvalue weighted by Gasteiger charge is 2.33. The number of carboxylic acids is 1. The minimum Gasteiger partial charge on any atom is -0.481 e. The number of hydrogen-bond acceptors (Lipinski definition) is 2. The fourth-order valence-corrected chi connectivity index (χ4v) is 0.838. The summed E-state index contributed by atoms with van der Waals surface area (Å²) >= 11 is 0. The summed E-state index contributed by atoms with van der Waals surface area (Å²) in [5.41, 5.74) is -0.0341. The molecule has 0 aromatic heterocycles. The second-order valence-electron chi connectivity index (χ2n) is 5.91. The first-order chi connectivity index (χ1) is 6.99. The molecule has 1 unspecified atom stereocenters. The molecule has 0 saturated carbocycles. The molecule has 0 aliphatic heterocycles. The van der Waals surface area contributed by atoms with Crippen LogP contribution >= 0.6 is 0 Å². The van der Waals surface area contributed by atoms with Gasteiger partial charge in [0, 0.05) is 6.54 Å². The Morgan fingerprint density at radius 2 is 1.62 bits per heavy atom. The minimum absolute atomic E-state index is 0.0484. The zero-order chi connectivity index (χ0) is 13.1. The molecule has 0 saturated heterocycles. The van der Waals surface area contributed by atoms with Crippen LogP contribution in [0, 0.1) is 16.7 Å². The van der Waals surface area contributed by atoms with Crippen LogP contribution in [0.15, 0.2) is 0 Å². The summed E-state index contributed by atoms with van der Waals surface area (Å²) in [6.07, 6.45) is 0. The average molecular weight is 229 g/mol. The van der Waals surface area contributed by atoms with E-state index in [0.717, 1.165) is 0 Å². The smallest absolute Gasteiger partial charge is 0.315 e. The zero-order valence-electron chi connectivity index (χ0n) is 11.0. The predicted molar refractivity (Wildman–Crippen MR) is 63.0 cm³/mol. The number of carboxylic acid groups (broad SMARTS) is 1. The molecule has 0 rings (SSSR count). The maximum Gasteiger partial charge on any atom is 0.315 e. The van der Waals surface area contributed by atoms with Gasteiger partial charge in [0.25, 0.3) is 0 Å². The molecule has 0 heterocycles. The normalized spacial score (nSPS) is 14.4. The highest BCUT2D eigenvalue weighted by Crippen LogP contribution is 2.36. The van der Waals surface area contributed by atoms with Crippen molar-refractivity contribution in [2.45, 2.75) is 41.5 Å². The van der Waals surface area contributed by atoms with Gasteiger partial charge < -0.3 is 10.4 Å². The van der Waals surface area contributed by atoms with E-state index in [1.807, 2.05) is 0 Å². The van der Waals surface area contributed by atoms with Gasteiger partial charge in [0.2, 0.25) is 5.91 Å². The highest BCUT2D eigenvalue weighted by atomic mass is 16.4. The van der Waals surface area contributed by atoms with Crippen LogP contribution in [0.5, 0.6) is 0 Å². The number of rotatable bonds is 4. The first-order valence-corrected chi connectivity index (χ1v) is 5.49. The van der Waals surface area contributed by atoms with Gasteiger partial charge in [-0.15, -0.1) is 0 Å². The second kappa shape index (κ2) is 4.85. The summed E-state index contributed by atoms with van der Waals surface area (Å²) in [5, 5.41) is 11.4. The van der Waals surface area contributed by atoms with Gasteiger partial charge >= 0.3 is 5.97 Å². The van der Waals surface area contributed by atoms with E-state index >= 15 is 0 Å². The molecule has 0 spiro atoms. The van der Waals surface area contributed by atoms with E-state index in [9.17, 15) is 9.59 Å². The third-order valence-corrected chi connectivity index (χ3v) is 3.50. The summed E-state index contributed by atoms with van der Waals surface area (Å²) in [6.45, 7) is 12.3. The Morgan fingerprint density at radius 3 is 1.94 bits per heavy atom. The summed E-state index contributed by atoms with van der Waals surface area (Å²) in [5.74, 6) is -2.51. The number of amides is 1. The lowest BCUT2D eigenvalue weighted by atomic mass is 9.69. The van der Waals surface area contributed by atoms with Crippen LogP contribution in [-0.4, -0.2) is 23.5 Å². The van der Waals surface area contributed by atoms with E-state index in [2.05, 4.69) is 39.9 Å². The summed E-state index contributed by atoms with van der Waals surface area (Å²) in [4.78, 5) is 22.1. The maximum atomic E-state index is 11.5. The van der Waals surface area contributed by atoms with Crippen molar-refractivity contribution in [3.63, 3.8) is 0 Å². The molecule has 1 atom stereocenters. The minimum atomic E-state index is -1.09. The van der Waals surface area contributed by atoms with E-state index in [0.29, 0.717) is 6.54 Å². The zero-order valence-corrected chi connectivity index (χ0v) is 11.0. The standard InChI is InChI=1S/C12H23NO3/c1-8(10(15)16)9(14)13-7-12(5,6)11(2,3)4/h8H,7H2,1-6H3,(H,13,14)(H,15,16). The molecule has 0 radical (unpaired) electrons. The molecule has 0 aromatic rings. The lowest BCUT2D eigenvalue weighted by molar-refractivity contribution is -0.146. The molecule has 16 heavy (non-hydrogen) atoms. The molecule has 4 nitrogen and oxygen atoms in total. The molecule has 94 valence electrons. The lowest BCUT2D eigenvalue weighted by Crippen LogP contribution is -2.44. The Morgan fingerprint density at radius 1 is 1.19 bits per heavy atom. The van der Waals surface area contributed by atoms with Crippen molar-refractivity contribution < 1.29 is 14.7 Å². The van der Waals surface area contributed by atoms with Crippen molar-refractivity contribution in [1.82, 2.24) is 5.32 Å². The van der Waals surface area contributed by atoms with Crippen molar-refractivity contribution in [2.75, 3.05) is 6.54 Å². The molecule has 0 fully saturated rings. The quantitative estimate of drug-likeness (QED) is 0.723. The Balaban J connectivity index is 4.37. The lowest BCUT2D eigenvalue weighted by Gasteiger charge is -2.39. The molecule has 0 aliphatic carbocycles. The molecule has 0 bridgehead atoms. The number of carbonyl (C=O) groups is 2. The van der Waals surface area contributed by atoms with Crippen molar-refractivity contribution in [3.8, 4) is 0 Å². The Bertz CT molecular complexity index is 276. The van der Waals surface area contributed by atoms with Crippen molar-refractivity contribution >= 4 is 11.9 Å². The van der Waals surface area contributed by atoms with Crippen molar-refractivity contribution in [2.24, 2.45) is 16.7 Å². The van der Waals surface area contributed by atoms with Crippen LogP contribution in [0.25, 0.3) is 0 Å². The molecule has 0 aliphatic rings. The Hall–Kier alpha value is -1.06. The first-order valence-electron chi connectivity index (χ1n) is 5.49. The van der Waals surface area contributed by atoms with E-state index in [1.54, 1.807) is 0 Å². The summed E-state index contributed by atoms with van der Waals surface area (Å²) in [6, 6.07) is 0. The monoisotopic (exact) mass is 229 g/mol. The third kappa shape index (κ3) is 3.83. The van der Waals surface area contributed by atoms with Crippen LogP contribution in [0.3, 0.4) is 0 Å². The number of carbonyl (C=O) groups excluding carboxylic acids is 1. The molecule has 1 amide bonds. The fraction of sp³-hybridized carbons (Fsp3) is 0.833. The van der Waals surface area contributed by atoms with Crippen molar-refractivity contribution in [3.05, 3.63) is 0 Å². The van der Waals surface area contributed by atoms with Gasteiger partial charge in [-0.2, -0.15) is 0 Å². The van der Waals surface area contributed by atoms with Crippen LogP contribution in [-0.2, 0) is 9.59 Å². The van der Waals surface area contributed by atoms with E-state index in [1.165, 1.54) is 6.92 Å². The fourth-order valence-electron chi connectivity index (χ4n) is 0.838. The Labute approximate surface area is 97.4 Å². The van der Waals surface area contributed by atoms with Gasteiger partial charge in [-0.05, 0) is 17.8 Å².